The van der Waals surface area contributed by atoms with Crippen LogP contribution in [0, 0.1) is 12.8 Å². The Morgan fingerprint density at radius 3 is 2.72 bits per heavy atom. The number of carbonyl (C=O) groups excluding carboxylic acids is 1. The first-order chi connectivity index (χ1) is 14.1. The zero-order chi connectivity index (χ0) is 20.2. The monoisotopic (exact) mass is 391 g/mol. The van der Waals surface area contributed by atoms with E-state index in [-0.39, 0.29) is 12.2 Å². The van der Waals surface area contributed by atoms with Crippen molar-refractivity contribution >= 4 is 5.78 Å². The van der Waals surface area contributed by atoms with Crippen LogP contribution in [0.1, 0.15) is 29.7 Å². The van der Waals surface area contributed by atoms with Crippen molar-refractivity contribution in [2.45, 2.75) is 32.6 Å². The summed E-state index contributed by atoms with van der Waals surface area (Å²) in [5.74, 6) is 2.61. The third-order valence-electron chi connectivity index (χ3n) is 5.16. The first-order valence-corrected chi connectivity index (χ1v) is 9.94. The zero-order valence-corrected chi connectivity index (χ0v) is 16.8. The highest BCUT2D eigenvalue weighted by atomic mass is 16.5. The smallest absolute Gasteiger partial charge is 0.226 e. The second kappa shape index (κ2) is 8.52. The summed E-state index contributed by atoms with van der Waals surface area (Å²) in [4.78, 5) is 17.0. The van der Waals surface area contributed by atoms with Gasteiger partial charge >= 0.3 is 0 Å². The summed E-state index contributed by atoms with van der Waals surface area (Å²) in [6, 6.07) is 13.6. The van der Waals surface area contributed by atoms with Crippen LogP contribution >= 0.6 is 0 Å². The number of oxazole rings is 1. The van der Waals surface area contributed by atoms with Crippen LogP contribution in [0.3, 0.4) is 0 Å². The van der Waals surface area contributed by atoms with E-state index in [0.29, 0.717) is 42.0 Å². The number of hydrogen-bond acceptors (Lipinski definition) is 5. The molecule has 1 aliphatic rings. The van der Waals surface area contributed by atoms with E-state index in [4.69, 9.17) is 13.9 Å². The molecule has 5 heteroatoms. The van der Waals surface area contributed by atoms with E-state index in [2.05, 4.69) is 4.98 Å². The molecule has 0 amide bonds. The lowest BCUT2D eigenvalue weighted by Crippen LogP contribution is -2.07. The van der Waals surface area contributed by atoms with Crippen molar-refractivity contribution in [1.82, 2.24) is 4.98 Å². The van der Waals surface area contributed by atoms with Crippen LogP contribution in [-0.2, 0) is 17.6 Å². The van der Waals surface area contributed by atoms with Gasteiger partial charge in [0.2, 0.25) is 5.89 Å². The lowest BCUT2D eigenvalue weighted by atomic mass is 10.0. The maximum absolute atomic E-state index is 12.5. The standard InChI is InChI=1S/C24H25NO4/c1-16-5-3-4-6-18(16)11-21(26)13-20-15-29-24(25-20)19-9-10-22(27-2)23(12-19)28-14-17-7-8-17/h3-6,9-10,12,15,17H,7-8,11,13-14H2,1-2H3. The molecular formula is C24H25NO4. The van der Waals surface area contributed by atoms with E-state index in [1.54, 1.807) is 13.4 Å². The maximum Gasteiger partial charge on any atom is 0.226 e. The van der Waals surface area contributed by atoms with E-state index in [0.717, 1.165) is 16.7 Å². The number of methoxy groups -OCH3 is 1. The van der Waals surface area contributed by atoms with Crippen molar-refractivity contribution < 1.29 is 18.7 Å². The quantitative estimate of drug-likeness (QED) is 0.524. The molecule has 1 aliphatic carbocycles. The molecule has 29 heavy (non-hydrogen) atoms. The van der Waals surface area contributed by atoms with Gasteiger partial charge in [-0.1, -0.05) is 24.3 Å². The number of ether oxygens (including phenoxy) is 2. The fourth-order valence-electron chi connectivity index (χ4n) is 3.22. The summed E-state index contributed by atoms with van der Waals surface area (Å²) >= 11 is 0. The average Bonchev–Trinajstić information content (AvgIpc) is 3.45. The van der Waals surface area contributed by atoms with Gasteiger partial charge in [-0.25, -0.2) is 4.98 Å². The Morgan fingerprint density at radius 1 is 1.14 bits per heavy atom. The minimum absolute atomic E-state index is 0.113. The van der Waals surface area contributed by atoms with Gasteiger partial charge in [0, 0.05) is 12.0 Å². The van der Waals surface area contributed by atoms with Crippen molar-refractivity contribution in [1.29, 1.82) is 0 Å². The Hall–Kier alpha value is -3.08. The van der Waals surface area contributed by atoms with Gasteiger partial charge in [-0.3, -0.25) is 4.79 Å². The van der Waals surface area contributed by atoms with Crippen LogP contribution in [0.5, 0.6) is 11.5 Å². The van der Waals surface area contributed by atoms with Gasteiger partial charge in [-0.05, 0) is 55.0 Å². The summed E-state index contributed by atoms with van der Waals surface area (Å²) < 4.78 is 16.9. The molecule has 1 saturated carbocycles. The summed E-state index contributed by atoms with van der Waals surface area (Å²) in [6.45, 7) is 2.72. The van der Waals surface area contributed by atoms with Crippen LogP contribution in [0.15, 0.2) is 53.1 Å². The normalized spacial score (nSPS) is 13.3. The molecule has 3 aromatic rings. The fourth-order valence-corrected chi connectivity index (χ4v) is 3.22. The van der Waals surface area contributed by atoms with Gasteiger partial charge in [-0.2, -0.15) is 0 Å². The Labute approximate surface area is 170 Å². The third-order valence-corrected chi connectivity index (χ3v) is 5.16. The molecule has 150 valence electrons. The second-order valence-electron chi connectivity index (χ2n) is 7.58. The molecule has 0 radical (unpaired) electrons. The van der Waals surface area contributed by atoms with Gasteiger partial charge in [0.25, 0.3) is 0 Å². The first-order valence-electron chi connectivity index (χ1n) is 9.94. The molecular weight excluding hydrogens is 366 g/mol. The van der Waals surface area contributed by atoms with Gasteiger partial charge in [-0.15, -0.1) is 0 Å². The highest BCUT2D eigenvalue weighted by Crippen LogP contribution is 2.35. The fraction of sp³-hybridized carbons (Fsp3) is 0.333. The number of ketones is 1. The van der Waals surface area contributed by atoms with Crippen molar-refractivity contribution in [2.75, 3.05) is 13.7 Å². The number of rotatable bonds is 9. The molecule has 0 N–H and O–H groups in total. The van der Waals surface area contributed by atoms with Crippen molar-refractivity contribution in [2.24, 2.45) is 5.92 Å². The highest BCUT2D eigenvalue weighted by molar-refractivity contribution is 5.83. The van der Waals surface area contributed by atoms with Crippen LogP contribution < -0.4 is 9.47 Å². The summed E-state index contributed by atoms with van der Waals surface area (Å²) in [7, 11) is 1.63. The number of aryl methyl sites for hydroxylation is 1. The molecule has 1 aromatic heterocycles. The van der Waals surface area contributed by atoms with Gasteiger partial charge in [0.15, 0.2) is 11.5 Å². The summed E-state index contributed by atoms with van der Waals surface area (Å²) in [5.41, 5.74) is 3.61. The Balaban J connectivity index is 1.44. The molecule has 0 bridgehead atoms. The number of hydrogen-bond donors (Lipinski definition) is 0. The Bertz CT molecular complexity index is 1000. The SMILES string of the molecule is COc1ccc(-c2nc(CC(=O)Cc3ccccc3C)co2)cc1OCC1CC1. The van der Waals surface area contributed by atoms with E-state index < -0.39 is 0 Å². The largest absolute Gasteiger partial charge is 0.493 e. The molecule has 5 nitrogen and oxygen atoms in total. The molecule has 4 rings (SSSR count). The molecule has 1 fully saturated rings. The maximum atomic E-state index is 12.5. The van der Waals surface area contributed by atoms with Gasteiger partial charge in [0.1, 0.15) is 12.0 Å². The van der Waals surface area contributed by atoms with Crippen LogP contribution in [0.4, 0.5) is 0 Å². The number of carbonyl (C=O) groups is 1. The zero-order valence-electron chi connectivity index (χ0n) is 16.8. The van der Waals surface area contributed by atoms with Crippen LogP contribution in [-0.4, -0.2) is 24.5 Å². The molecule has 1 heterocycles. The van der Waals surface area contributed by atoms with Crippen LogP contribution in [0.2, 0.25) is 0 Å². The van der Waals surface area contributed by atoms with Crippen molar-refractivity contribution in [3.8, 4) is 23.0 Å². The van der Waals surface area contributed by atoms with E-state index >= 15 is 0 Å². The first kappa shape index (κ1) is 19.2. The average molecular weight is 391 g/mol. The lowest BCUT2D eigenvalue weighted by molar-refractivity contribution is -0.117. The summed E-state index contributed by atoms with van der Waals surface area (Å²) in [5, 5.41) is 0. The van der Waals surface area contributed by atoms with Gasteiger partial charge in [0.05, 0.1) is 25.8 Å². The Kier molecular flexibility index (Phi) is 5.65. The molecule has 0 aliphatic heterocycles. The summed E-state index contributed by atoms with van der Waals surface area (Å²) in [6.07, 6.45) is 4.65. The predicted octanol–water partition coefficient (Wildman–Crippen LogP) is 4.80. The lowest BCUT2D eigenvalue weighted by Gasteiger charge is -2.11. The van der Waals surface area contributed by atoms with Crippen LogP contribution in [0.25, 0.3) is 11.5 Å². The minimum Gasteiger partial charge on any atom is -0.493 e. The number of Topliss-reactive ketones (excluding diaryl/α,β-unsaturated/α-hetero) is 1. The molecule has 2 aromatic carbocycles. The number of benzene rings is 2. The number of aromatic nitrogens is 1. The molecule has 0 atom stereocenters. The second-order valence-corrected chi connectivity index (χ2v) is 7.58. The minimum atomic E-state index is 0.113. The third kappa shape index (κ3) is 4.86. The van der Waals surface area contributed by atoms with Crippen molar-refractivity contribution in [3.63, 3.8) is 0 Å². The topological polar surface area (TPSA) is 61.6 Å². The van der Waals surface area contributed by atoms with Gasteiger partial charge < -0.3 is 13.9 Å². The molecule has 0 unspecified atom stereocenters. The van der Waals surface area contributed by atoms with E-state index in [9.17, 15) is 4.79 Å². The molecule has 0 saturated heterocycles. The van der Waals surface area contributed by atoms with E-state index in [1.165, 1.54) is 12.8 Å². The Morgan fingerprint density at radius 2 is 1.97 bits per heavy atom. The van der Waals surface area contributed by atoms with Crippen molar-refractivity contribution in [3.05, 3.63) is 65.5 Å². The van der Waals surface area contributed by atoms with E-state index in [1.807, 2.05) is 49.4 Å². The highest BCUT2D eigenvalue weighted by Gasteiger charge is 2.23. The predicted molar refractivity (Wildman–Crippen MR) is 110 cm³/mol. The number of nitrogens with zero attached hydrogens (tertiary/aromatic N) is 1. The molecule has 0 spiro atoms.